The quantitative estimate of drug-likeness (QED) is 0.880. The zero-order valence-electron chi connectivity index (χ0n) is 10.00. The molecular weight excluding hydrogens is 311 g/mol. The summed E-state index contributed by atoms with van der Waals surface area (Å²) >= 11 is 6.93. The molecule has 0 bridgehead atoms. The van der Waals surface area contributed by atoms with Crippen LogP contribution in [0, 0.1) is 0 Å². The van der Waals surface area contributed by atoms with Crippen molar-refractivity contribution in [2.24, 2.45) is 0 Å². The maximum atomic E-state index is 12.8. The minimum absolute atomic E-state index is 0.0337. The Morgan fingerprint density at radius 2 is 2.05 bits per heavy atom. The fraction of sp³-hybridized carbons (Fsp3) is 0.154. The van der Waals surface area contributed by atoms with E-state index in [1.807, 2.05) is 0 Å². The Bertz CT molecular complexity index is 611. The monoisotopic (exact) mass is 319 g/mol. The van der Waals surface area contributed by atoms with Crippen molar-refractivity contribution in [2.45, 2.75) is 12.6 Å². The van der Waals surface area contributed by atoms with Gasteiger partial charge in [0.15, 0.2) is 0 Å². The number of hydrogen-bond donors (Lipinski definition) is 1. The van der Waals surface area contributed by atoms with E-state index in [1.165, 1.54) is 17.4 Å². The van der Waals surface area contributed by atoms with Crippen LogP contribution in [-0.2, 0) is 17.4 Å². The van der Waals surface area contributed by atoms with Crippen LogP contribution in [0.3, 0.4) is 0 Å². The minimum Gasteiger partial charge on any atom is -0.325 e. The van der Waals surface area contributed by atoms with Gasteiger partial charge in [-0.15, -0.1) is 11.3 Å². The van der Waals surface area contributed by atoms with Crippen LogP contribution in [0.25, 0.3) is 0 Å². The SMILES string of the molecule is O=C(Cc1cccs1)Nc1ccc(Cl)cc1C(F)(F)F. The van der Waals surface area contributed by atoms with E-state index in [4.69, 9.17) is 11.6 Å². The smallest absolute Gasteiger partial charge is 0.325 e. The van der Waals surface area contributed by atoms with Gasteiger partial charge in [0.25, 0.3) is 0 Å². The number of anilines is 1. The molecule has 0 unspecified atom stereocenters. The van der Waals surface area contributed by atoms with Crippen LogP contribution < -0.4 is 5.32 Å². The van der Waals surface area contributed by atoms with Crippen molar-refractivity contribution < 1.29 is 18.0 Å². The Morgan fingerprint density at radius 3 is 2.65 bits per heavy atom. The number of nitrogens with one attached hydrogen (secondary N) is 1. The molecule has 1 aromatic heterocycles. The molecule has 1 heterocycles. The number of benzene rings is 1. The topological polar surface area (TPSA) is 29.1 Å². The highest BCUT2D eigenvalue weighted by atomic mass is 35.5. The molecule has 2 rings (SSSR count). The van der Waals surface area contributed by atoms with Gasteiger partial charge in [-0.3, -0.25) is 4.79 Å². The number of halogens is 4. The van der Waals surface area contributed by atoms with E-state index < -0.39 is 17.6 Å². The molecule has 0 radical (unpaired) electrons. The van der Waals surface area contributed by atoms with Gasteiger partial charge in [-0.25, -0.2) is 0 Å². The maximum absolute atomic E-state index is 12.8. The van der Waals surface area contributed by atoms with Gasteiger partial charge in [0.05, 0.1) is 17.7 Å². The Hall–Kier alpha value is -1.53. The summed E-state index contributed by atoms with van der Waals surface area (Å²) in [6.07, 6.45) is -4.53. The predicted molar refractivity (Wildman–Crippen MR) is 73.1 cm³/mol. The lowest BCUT2D eigenvalue weighted by Gasteiger charge is -2.14. The molecule has 0 atom stereocenters. The molecule has 0 fully saturated rings. The van der Waals surface area contributed by atoms with Crippen molar-refractivity contribution in [2.75, 3.05) is 5.32 Å². The van der Waals surface area contributed by atoms with Crippen LogP contribution in [0.2, 0.25) is 5.02 Å². The summed E-state index contributed by atoms with van der Waals surface area (Å²) in [5.74, 6) is -0.500. The van der Waals surface area contributed by atoms with E-state index in [2.05, 4.69) is 5.32 Å². The zero-order chi connectivity index (χ0) is 14.8. The van der Waals surface area contributed by atoms with Crippen LogP contribution in [0.15, 0.2) is 35.7 Å². The van der Waals surface area contributed by atoms with Crippen molar-refractivity contribution in [1.29, 1.82) is 0 Å². The third kappa shape index (κ3) is 3.74. The molecule has 0 aliphatic heterocycles. The summed E-state index contributed by atoms with van der Waals surface area (Å²) in [6, 6.07) is 6.77. The number of hydrogen-bond acceptors (Lipinski definition) is 2. The van der Waals surface area contributed by atoms with Gasteiger partial charge >= 0.3 is 6.18 Å². The molecule has 2 nitrogen and oxygen atoms in total. The average Bonchev–Trinajstić information content (AvgIpc) is 2.82. The number of rotatable bonds is 3. The normalized spacial score (nSPS) is 11.4. The summed E-state index contributed by atoms with van der Waals surface area (Å²) in [5.41, 5.74) is -1.24. The summed E-state index contributed by atoms with van der Waals surface area (Å²) in [5, 5.41) is 4.04. The van der Waals surface area contributed by atoms with Crippen molar-refractivity contribution >= 4 is 34.5 Å². The Labute approximate surface area is 122 Å². The van der Waals surface area contributed by atoms with Crippen LogP contribution in [0.1, 0.15) is 10.4 Å². The molecule has 7 heteroatoms. The number of amides is 1. The molecule has 20 heavy (non-hydrogen) atoms. The third-order valence-corrected chi connectivity index (χ3v) is 3.59. The molecule has 106 valence electrons. The van der Waals surface area contributed by atoms with Gasteiger partial charge in [-0.2, -0.15) is 13.2 Å². The molecule has 0 aliphatic carbocycles. The summed E-state index contributed by atoms with van der Waals surface area (Å²) in [4.78, 5) is 12.5. The first-order chi connectivity index (χ1) is 9.36. The van der Waals surface area contributed by atoms with Gasteiger partial charge in [0.1, 0.15) is 0 Å². The van der Waals surface area contributed by atoms with E-state index >= 15 is 0 Å². The molecule has 1 N–H and O–H groups in total. The van der Waals surface area contributed by atoms with Gasteiger partial charge in [-0.1, -0.05) is 17.7 Å². The fourth-order valence-electron chi connectivity index (χ4n) is 1.63. The number of carbonyl (C=O) groups is 1. The largest absolute Gasteiger partial charge is 0.418 e. The molecular formula is C13H9ClF3NOS. The van der Waals surface area contributed by atoms with Crippen LogP contribution in [0.4, 0.5) is 18.9 Å². The van der Waals surface area contributed by atoms with Gasteiger partial charge in [0.2, 0.25) is 5.91 Å². The molecule has 0 spiro atoms. The highest BCUT2D eigenvalue weighted by Gasteiger charge is 2.34. The molecule has 0 saturated heterocycles. The van der Waals surface area contributed by atoms with Gasteiger partial charge in [0, 0.05) is 9.90 Å². The van der Waals surface area contributed by atoms with Crippen LogP contribution in [0.5, 0.6) is 0 Å². The maximum Gasteiger partial charge on any atom is 0.418 e. The lowest BCUT2D eigenvalue weighted by molar-refractivity contribution is -0.137. The molecule has 1 aromatic carbocycles. The van der Waals surface area contributed by atoms with E-state index in [1.54, 1.807) is 17.5 Å². The van der Waals surface area contributed by atoms with E-state index in [0.717, 1.165) is 17.0 Å². The molecule has 2 aromatic rings. The molecule has 0 saturated carbocycles. The second-order valence-electron chi connectivity index (χ2n) is 3.99. The Kier molecular flexibility index (Phi) is 4.35. The molecule has 1 amide bonds. The summed E-state index contributed by atoms with van der Waals surface area (Å²) in [7, 11) is 0. The highest BCUT2D eigenvalue weighted by molar-refractivity contribution is 7.10. The summed E-state index contributed by atoms with van der Waals surface area (Å²) < 4.78 is 38.5. The summed E-state index contributed by atoms with van der Waals surface area (Å²) in [6.45, 7) is 0. The van der Waals surface area contributed by atoms with Crippen LogP contribution in [-0.4, -0.2) is 5.91 Å². The van der Waals surface area contributed by atoms with E-state index in [0.29, 0.717) is 0 Å². The van der Waals surface area contributed by atoms with E-state index in [-0.39, 0.29) is 17.1 Å². The first-order valence-corrected chi connectivity index (χ1v) is 6.81. The zero-order valence-corrected chi connectivity index (χ0v) is 11.6. The Morgan fingerprint density at radius 1 is 1.30 bits per heavy atom. The van der Waals surface area contributed by atoms with Gasteiger partial charge < -0.3 is 5.32 Å². The standard InChI is InChI=1S/C13H9ClF3NOS/c14-8-3-4-11(10(6-8)13(15,16)17)18-12(19)7-9-2-1-5-20-9/h1-6H,7H2,(H,18,19). The minimum atomic E-state index is -4.57. The Balaban J connectivity index is 2.19. The van der Waals surface area contributed by atoms with E-state index in [9.17, 15) is 18.0 Å². The number of thiophene rings is 1. The lowest BCUT2D eigenvalue weighted by Crippen LogP contribution is -2.17. The highest BCUT2D eigenvalue weighted by Crippen LogP contribution is 2.36. The second kappa shape index (κ2) is 5.85. The van der Waals surface area contributed by atoms with Crippen LogP contribution >= 0.6 is 22.9 Å². The van der Waals surface area contributed by atoms with Crippen molar-refractivity contribution in [3.8, 4) is 0 Å². The number of alkyl halides is 3. The molecule has 0 aliphatic rings. The van der Waals surface area contributed by atoms with Crippen molar-refractivity contribution in [3.05, 3.63) is 51.2 Å². The number of carbonyl (C=O) groups excluding carboxylic acids is 1. The third-order valence-electron chi connectivity index (χ3n) is 2.48. The second-order valence-corrected chi connectivity index (χ2v) is 5.46. The van der Waals surface area contributed by atoms with Crippen molar-refractivity contribution in [1.82, 2.24) is 0 Å². The first kappa shape index (κ1) is 14.9. The first-order valence-electron chi connectivity index (χ1n) is 5.55. The van der Waals surface area contributed by atoms with Crippen molar-refractivity contribution in [3.63, 3.8) is 0 Å². The predicted octanol–water partition coefficient (Wildman–Crippen LogP) is 4.60. The lowest BCUT2D eigenvalue weighted by atomic mass is 10.1. The fourth-order valence-corrected chi connectivity index (χ4v) is 2.50. The van der Waals surface area contributed by atoms with Gasteiger partial charge in [-0.05, 0) is 29.6 Å². The average molecular weight is 320 g/mol.